The Morgan fingerprint density at radius 2 is 2.24 bits per heavy atom. The third-order valence-electron chi connectivity index (χ3n) is 3.95. The van der Waals surface area contributed by atoms with Crippen molar-refractivity contribution in [1.82, 2.24) is 10.3 Å². The number of amides is 1. The van der Waals surface area contributed by atoms with Gasteiger partial charge in [-0.2, -0.15) is 0 Å². The molecule has 108 valence electrons. The Labute approximate surface area is 132 Å². The molecule has 1 aromatic carbocycles. The normalized spacial score (nSPS) is 21.6. The Morgan fingerprint density at radius 3 is 2.95 bits per heavy atom. The van der Waals surface area contributed by atoms with Crippen molar-refractivity contribution in [1.29, 1.82) is 0 Å². The van der Waals surface area contributed by atoms with Crippen molar-refractivity contribution in [3.63, 3.8) is 0 Å². The van der Waals surface area contributed by atoms with Gasteiger partial charge in [0.15, 0.2) is 0 Å². The van der Waals surface area contributed by atoms with Crippen molar-refractivity contribution in [2.24, 2.45) is 5.92 Å². The number of carbonyl (C=O) groups excluding carboxylic acids is 1. The van der Waals surface area contributed by atoms with Crippen LogP contribution in [0.5, 0.6) is 0 Å². The van der Waals surface area contributed by atoms with Crippen LogP contribution in [0.15, 0.2) is 53.3 Å². The third kappa shape index (κ3) is 3.32. The molecular formula is C17H17BrN2O. The van der Waals surface area contributed by atoms with Gasteiger partial charge < -0.3 is 5.32 Å². The van der Waals surface area contributed by atoms with Gasteiger partial charge in [-0.05, 0) is 48.6 Å². The zero-order valence-corrected chi connectivity index (χ0v) is 13.4. The van der Waals surface area contributed by atoms with Crippen molar-refractivity contribution >= 4 is 21.8 Å². The minimum absolute atomic E-state index is 0.00467. The van der Waals surface area contributed by atoms with Crippen LogP contribution in [-0.2, 0) is 4.79 Å². The van der Waals surface area contributed by atoms with Gasteiger partial charge in [0.1, 0.15) is 0 Å². The van der Waals surface area contributed by atoms with E-state index in [1.165, 1.54) is 5.56 Å². The number of nitrogens with zero attached hydrogens (tertiary/aromatic N) is 1. The number of nitrogens with one attached hydrogen (secondary N) is 1. The number of aromatic nitrogens is 1. The van der Waals surface area contributed by atoms with E-state index in [9.17, 15) is 4.79 Å². The molecule has 1 aromatic heterocycles. The lowest BCUT2D eigenvalue weighted by Crippen LogP contribution is -2.28. The highest BCUT2D eigenvalue weighted by Gasteiger charge is 2.44. The van der Waals surface area contributed by atoms with Crippen LogP contribution in [0.1, 0.15) is 36.4 Å². The molecule has 0 unspecified atom stereocenters. The van der Waals surface area contributed by atoms with Gasteiger partial charge in [0.05, 0.1) is 6.04 Å². The summed E-state index contributed by atoms with van der Waals surface area (Å²) in [7, 11) is 0. The predicted molar refractivity (Wildman–Crippen MR) is 85.8 cm³/mol. The number of rotatable bonds is 4. The van der Waals surface area contributed by atoms with E-state index in [4.69, 9.17) is 0 Å². The maximum Gasteiger partial charge on any atom is 0.224 e. The van der Waals surface area contributed by atoms with Gasteiger partial charge in [-0.3, -0.25) is 9.78 Å². The Bertz CT molecular complexity index is 644. The van der Waals surface area contributed by atoms with Crippen molar-refractivity contribution < 1.29 is 4.79 Å². The van der Waals surface area contributed by atoms with E-state index in [1.54, 1.807) is 12.4 Å². The van der Waals surface area contributed by atoms with Crippen molar-refractivity contribution in [2.75, 3.05) is 0 Å². The first kappa shape index (κ1) is 14.3. The van der Waals surface area contributed by atoms with Gasteiger partial charge in [-0.25, -0.2) is 0 Å². The molecule has 0 bridgehead atoms. The summed E-state index contributed by atoms with van der Waals surface area (Å²) in [6.07, 6.45) is 4.47. The summed E-state index contributed by atoms with van der Waals surface area (Å²) in [5, 5.41) is 3.08. The van der Waals surface area contributed by atoms with Gasteiger partial charge in [0, 0.05) is 22.8 Å². The Hall–Kier alpha value is -1.68. The molecule has 1 aliphatic rings. The zero-order valence-electron chi connectivity index (χ0n) is 11.8. The van der Waals surface area contributed by atoms with Crippen molar-refractivity contribution in [3.8, 4) is 0 Å². The number of benzene rings is 1. The molecule has 3 rings (SSSR count). The lowest BCUT2D eigenvalue weighted by Gasteiger charge is -2.13. The molecule has 3 atom stereocenters. The largest absolute Gasteiger partial charge is 0.349 e. The highest BCUT2D eigenvalue weighted by molar-refractivity contribution is 9.10. The molecule has 0 saturated heterocycles. The summed E-state index contributed by atoms with van der Waals surface area (Å²) < 4.78 is 1.06. The molecular weight excluding hydrogens is 328 g/mol. The lowest BCUT2D eigenvalue weighted by atomic mass is 10.1. The quantitative estimate of drug-likeness (QED) is 0.915. The number of hydrogen-bond acceptors (Lipinski definition) is 2. The average molecular weight is 345 g/mol. The third-order valence-corrected chi connectivity index (χ3v) is 4.44. The second-order valence-corrected chi connectivity index (χ2v) is 6.44. The van der Waals surface area contributed by atoms with Crippen molar-refractivity contribution in [2.45, 2.75) is 25.3 Å². The SMILES string of the molecule is C[C@H](NC(=O)[C@H]1C[C@@H]1c1cccc(Br)c1)c1cccnc1. The number of hydrogen-bond donors (Lipinski definition) is 1. The summed E-state index contributed by atoms with van der Waals surface area (Å²) >= 11 is 3.48. The zero-order chi connectivity index (χ0) is 14.8. The molecule has 4 heteroatoms. The predicted octanol–water partition coefficient (Wildman–Crippen LogP) is 3.83. The Morgan fingerprint density at radius 1 is 1.38 bits per heavy atom. The van der Waals surface area contributed by atoms with Gasteiger partial charge in [0.25, 0.3) is 0 Å². The maximum atomic E-state index is 12.3. The smallest absolute Gasteiger partial charge is 0.224 e. The number of pyridine rings is 1. The molecule has 2 aromatic rings. The molecule has 0 spiro atoms. The van der Waals surface area contributed by atoms with Gasteiger partial charge >= 0.3 is 0 Å². The van der Waals surface area contributed by atoms with Crippen LogP contribution in [0.3, 0.4) is 0 Å². The van der Waals surface area contributed by atoms with Gasteiger partial charge in [0.2, 0.25) is 5.91 Å². The summed E-state index contributed by atoms with van der Waals surface area (Å²) in [5.41, 5.74) is 2.27. The average Bonchev–Trinajstić information content (AvgIpc) is 3.29. The summed E-state index contributed by atoms with van der Waals surface area (Å²) in [4.78, 5) is 16.4. The van der Waals surface area contributed by atoms with E-state index in [1.807, 2.05) is 31.2 Å². The fourth-order valence-corrected chi connectivity index (χ4v) is 3.04. The van der Waals surface area contributed by atoms with Crippen LogP contribution in [0.2, 0.25) is 0 Å². The van der Waals surface area contributed by atoms with Crippen molar-refractivity contribution in [3.05, 3.63) is 64.4 Å². The molecule has 1 heterocycles. The topological polar surface area (TPSA) is 42.0 Å². The van der Waals surface area contributed by atoms with Crippen LogP contribution in [0, 0.1) is 5.92 Å². The highest BCUT2D eigenvalue weighted by atomic mass is 79.9. The maximum absolute atomic E-state index is 12.3. The van der Waals surface area contributed by atoms with Crippen LogP contribution >= 0.6 is 15.9 Å². The van der Waals surface area contributed by atoms with E-state index in [2.05, 4.69) is 38.4 Å². The summed E-state index contributed by atoms with van der Waals surface area (Å²) in [6.45, 7) is 1.99. The van der Waals surface area contributed by atoms with Crippen LogP contribution in [-0.4, -0.2) is 10.9 Å². The minimum atomic E-state index is -0.00467. The first-order chi connectivity index (χ1) is 10.1. The van der Waals surface area contributed by atoms with E-state index < -0.39 is 0 Å². The fourth-order valence-electron chi connectivity index (χ4n) is 2.63. The lowest BCUT2D eigenvalue weighted by molar-refractivity contribution is -0.123. The fraction of sp³-hybridized carbons (Fsp3) is 0.294. The van der Waals surface area contributed by atoms with E-state index >= 15 is 0 Å². The molecule has 1 fully saturated rings. The van der Waals surface area contributed by atoms with Crippen LogP contribution < -0.4 is 5.32 Å². The summed E-state index contributed by atoms with van der Waals surface area (Å²) in [6, 6.07) is 12.1. The molecule has 1 amide bonds. The second-order valence-electron chi connectivity index (χ2n) is 5.52. The molecule has 0 aliphatic heterocycles. The highest BCUT2D eigenvalue weighted by Crippen LogP contribution is 2.48. The molecule has 0 radical (unpaired) electrons. The molecule has 3 nitrogen and oxygen atoms in total. The molecule has 1 N–H and O–H groups in total. The number of halogens is 1. The molecule has 1 saturated carbocycles. The monoisotopic (exact) mass is 344 g/mol. The Kier molecular flexibility index (Phi) is 4.06. The first-order valence-corrected chi connectivity index (χ1v) is 7.90. The van der Waals surface area contributed by atoms with Crippen LogP contribution in [0.4, 0.5) is 0 Å². The summed E-state index contributed by atoms with van der Waals surface area (Å²) in [5.74, 6) is 0.582. The molecule has 1 aliphatic carbocycles. The Balaban J connectivity index is 1.61. The van der Waals surface area contributed by atoms with Gasteiger partial charge in [-0.1, -0.05) is 34.1 Å². The standard InChI is InChI=1S/C17H17BrN2O/c1-11(13-5-3-7-19-10-13)20-17(21)16-9-15(16)12-4-2-6-14(18)8-12/h2-8,10-11,15-16H,9H2,1H3,(H,20,21)/t11-,15+,16-/m0/s1. The number of carbonyl (C=O) groups is 1. The second kappa shape index (κ2) is 5.98. The van der Waals surface area contributed by atoms with E-state index in [0.29, 0.717) is 5.92 Å². The van der Waals surface area contributed by atoms with Gasteiger partial charge in [-0.15, -0.1) is 0 Å². The molecule has 21 heavy (non-hydrogen) atoms. The first-order valence-electron chi connectivity index (χ1n) is 7.11. The van der Waals surface area contributed by atoms with E-state index in [0.717, 1.165) is 16.5 Å². The minimum Gasteiger partial charge on any atom is -0.349 e. The van der Waals surface area contributed by atoms with Crippen LogP contribution in [0.25, 0.3) is 0 Å². The van der Waals surface area contributed by atoms with E-state index in [-0.39, 0.29) is 17.9 Å².